The maximum Gasteiger partial charge on any atom is 0.341 e. The number of nitrogens with one attached hydrogen (secondary N) is 1. The zero-order valence-electron chi connectivity index (χ0n) is 17.6. The Hall–Kier alpha value is -3.06. The van der Waals surface area contributed by atoms with Gasteiger partial charge in [0.05, 0.1) is 15.6 Å². The summed E-state index contributed by atoms with van der Waals surface area (Å²) in [5.74, 6) is -1.65. The fourth-order valence-electron chi connectivity index (χ4n) is 2.87. The van der Waals surface area contributed by atoms with Gasteiger partial charge in [0.2, 0.25) is 5.91 Å². The number of rotatable bonds is 8. The minimum atomic E-state index is -1.13. The molecule has 0 atom stereocenters. The zero-order chi connectivity index (χ0) is 24.1. The Balaban J connectivity index is 1.74. The van der Waals surface area contributed by atoms with E-state index >= 15 is 0 Å². The molecule has 0 aromatic heterocycles. The highest BCUT2D eigenvalue weighted by atomic mass is 127. The van der Waals surface area contributed by atoms with Crippen molar-refractivity contribution in [2.24, 2.45) is 0 Å². The van der Waals surface area contributed by atoms with Gasteiger partial charge in [-0.2, -0.15) is 0 Å². The number of hydrogen-bond donors (Lipinski definition) is 2. The molecule has 9 nitrogen and oxygen atoms in total. The molecule has 33 heavy (non-hydrogen) atoms. The third-order valence-electron chi connectivity index (χ3n) is 4.40. The first-order chi connectivity index (χ1) is 15.7. The molecule has 2 N–H and O–H groups in total. The number of aryl methyl sites for hydroxylation is 1. The molecule has 2 aromatic rings. The minimum absolute atomic E-state index is 0.153. The first kappa shape index (κ1) is 24.6. The Morgan fingerprint density at radius 3 is 2.55 bits per heavy atom. The number of carbonyl (C=O) groups is 4. The number of ether oxygens (including phenoxy) is 2. The smallest absolute Gasteiger partial charge is 0.341 e. The number of thioether (sulfide) groups is 1. The molecule has 0 unspecified atom stereocenters. The molecule has 2 aromatic carbocycles. The summed E-state index contributed by atoms with van der Waals surface area (Å²) in [6.45, 7) is 0.986. The highest BCUT2D eigenvalue weighted by Crippen LogP contribution is 2.37. The van der Waals surface area contributed by atoms with Crippen LogP contribution in [0.5, 0.6) is 11.5 Å². The van der Waals surface area contributed by atoms with E-state index in [-0.39, 0.29) is 16.4 Å². The average molecular weight is 582 g/mol. The van der Waals surface area contributed by atoms with E-state index in [2.05, 4.69) is 5.32 Å². The Bertz CT molecular complexity index is 1150. The second-order valence-electron chi connectivity index (χ2n) is 6.90. The number of carbonyl (C=O) groups excluding carboxylic acids is 3. The van der Waals surface area contributed by atoms with Crippen molar-refractivity contribution < 1.29 is 33.8 Å². The number of carboxylic acids is 1. The van der Waals surface area contributed by atoms with Crippen LogP contribution in [0, 0.1) is 10.5 Å². The lowest BCUT2D eigenvalue weighted by molar-refractivity contribution is -0.139. The van der Waals surface area contributed by atoms with Crippen molar-refractivity contribution in [3.63, 3.8) is 0 Å². The topological polar surface area (TPSA) is 122 Å². The molecule has 3 amide bonds. The van der Waals surface area contributed by atoms with Gasteiger partial charge in [-0.05, 0) is 77.2 Å². The Kier molecular flexibility index (Phi) is 7.97. The second kappa shape index (κ2) is 10.7. The molecule has 3 rings (SSSR count). The summed E-state index contributed by atoms with van der Waals surface area (Å²) in [6, 6.07) is 10.4. The molecule has 0 radical (unpaired) electrons. The van der Waals surface area contributed by atoms with E-state index in [0.29, 0.717) is 14.8 Å². The maximum atomic E-state index is 12.7. The van der Waals surface area contributed by atoms with Crippen LogP contribution in [-0.4, -0.2) is 53.3 Å². The number of methoxy groups -OCH3 is 1. The summed E-state index contributed by atoms with van der Waals surface area (Å²) in [4.78, 5) is 49.3. The van der Waals surface area contributed by atoms with Gasteiger partial charge in [-0.25, -0.2) is 4.79 Å². The number of hydrogen-bond acceptors (Lipinski definition) is 7. The molecular weight excluding hydrogens is 563 g/mol. The largest absolute Gasteiger partial charge is 0.493 e. The van der Waals surface area contributed by atoms with E-state index in [9.17, 15) is 19.2 Å². The normalized spacial score (nSPS) is 14.5. The summed E-state index contributed by atoms with van der Waals surface area (Å²) in [6.07, 6.45) is 1.51. The van der Waals surface area contributed by atoms with Gasteiger partial charge in [-0.3, -0.25) is 19.3 Å². The minimum Gasteiger partial charge on any atom is -0.493 e. The monoisotopic (exact) mass is 582 g/mol. The van der Waals surface area contributed by atoms with E-state index in [4.69, 9.17) is 14.6 Å². The number of halogens is 1. The third kappa shape index (κ3) is 6.26. The van der Waals surface area contributed by atoms with Gasteiger partial charge in [0.15, 0.2) is 18.1 Å². The van der Waals surface area contributed by atoms with Crippen LogP contribution in [-0.2, 0) is 14.4 Å². The SMILES string of the molecule is COc1cc(C=C2SC(=O)N(CC(=O)Nc3ccc(C)cc3)C2=O)cc(I)c1OCC(=O)O. The summed E-state index contributed by atoms with van der Waals surface area (Å²) in [5, 5.41) is 10.9. The molecule has 0 spiro atoms. The second-order valence-corrected chi connectivity index (χ2v) is 9.05. The van der Waals surface area contributed by atoms with Crippen molar-refractivity contribution in [3.05, 3.63) is 56.0 Å². The van der Waals surface area contributed by atoms with Gasteiger partial charge in [-0.15, -0.1) is 0 Å². The van der Waals surface area contributed by atoms with Gasteiger partial charge in [0.1, 0.15) is 6.54 Å². The van der Waals surface area contributed by atoms with Crippen molar-refractivity contribution in [1.29, 1.82) is 0 Å². The molecule has 1 saturated heterocycles. The molecule has 0 saturated carbocycles. The maximum absolute atomic E-state index is 12.7. The molecule has 1 fully saturated rings. The quantitative estimate of drug-likeness (QED) is 0.357. The molecule has 172 valence electrons. The lowest BCUT2D eigenvalue weighted by Crippen LogP contribution is -2.36. The lowest BCUT2D eigenvalue weighted by atomic mass is 10.2. The summed E-state index contributed by atoms with van der Waals surface area (Å²) >= 11 is 2.69. The molecular formula is C22H19IN2O7S. The van der Waals surface area contributed by atoms with E-state index in [0.717, 1.165) is 22.2 Å². The van der Waals surface area contributed by atoms with Crippen LogP contribution >= 0.6 is 34.4 Å². The first-order valence-electron chi connectivity index (χ1n) is 9.52. The number of imide groups is 1. The fraction of sp³-hybridized carbons (Fsp3) is 0.182. The molecule has 1 heterocycles. The zero-order valence-corrected chi connectivity index (χ0v) is 20.6. The Morgan fingerprint density at radius 1 is 1.21 bits per heavy atom. The van der Waals surface area contributed by atoms with E-state index < -0.39 is 36.2 Å². The van der Waals surface area contributed by atoms with Crippen LogP contribution in [0.1, 0.15) is 11.1 Å². The van der Waals surface area contributed by atoms with Gasteiger partial charge in [0, 0.05) is 5.69 Å². The predicted molar refractivity (Wildman–Crippen MR) is 131 cm³/mol. The van der Waals surface area contributed by atoms with Crippen molar-refractivity contribution in [3.8, 4) is 11.5 Å². The van der Waals surface area contributed by atoms with Crippen LogP contribution in [0.25, 0.3) is 6.08 Å². The summed E-state index contributed by atoms with van der Waals surface area (Å²) in [7, 11) is 1.41. The predicted octanol–water partition coefficient (Wildman–Crippen LogP) is 3.75. The van der Waals surface area contributed by atoms with Gasteiger partial charge in [0.25, 0.3) is 11.1 Å². The standard InChI is InChI=1S/C22H19IN2O7S/c1-12-3-5-14(6-4-12)24-18(26)10-25-21(29)17(33-22(25)30)9-13-7-15(23)20(16(8-13)31-2)32-11-19(27)28/h3-9H,10-11H2,1-2H3,(H,24,26)(H,27,28). The van der Waals surface area contributed by atoms with Crippen LogP contribution in [0.2, 0.25) is 0 Å². The number of carboxylic acid groups (broad SMARTS) is 1. The number of nitrogens with zero attached hydrogens (tertiary/aromatic N) is 1. The highest BCUT2D eigenvalue weighted by molar-refractivity contribution is 14.1. The highest BCUT2D eigenvalue weighted by Gasteiger charge is 2.36. The van der Waals surface area contributed by atoms with Crippen LogP contribution in [0.4, 0.5) is 10.5 Å². The van der Waals surface area contributed by atoms with Crippen molar-refractivity contribution in [2.75, 3.05) is 25.6 Å². The molecule has 0 bridgehead atoms. The molecule has 0 aliphatic carbocycles. The number of benzene rings is 2. The van der Waals surface area contributed by atoms with Gasteiger partial charge >= 0.3 is 5.97 Å². The molecule has 11 heteroatoms. The van der Waals surface area contributed by atoms with E-state index in [1.54, 1.807) is 24.3 Å². The van der Waals surface area contributed by atoms with Gasteiger partial charge in [-0.1, -0.05) is 17.7 Å². The third-order valence-corrected chi connectivity index (χ3v) is 6.11. The summed E-state index contributed by atoms with van der Waals surface area (Å²) in [5.41, 5.74) is 2.16. The van der Waals surface area contributed by atoms with Crippen molar-refractivity contribution in [1.82, 2.24) is 4.90 Å². The van der Waals surface area contributed by atoms with Crippen LogP contribution in [0.3, 0.4) is 0 Å². The molecule has 1 aliphatic heterocycles. The molecule has 1 aliphatic rings. The van der Waals surface area contributed by atoms with Gasteiger partial charge < -0.3 is 19.9 Å². The number of aliphatic carboxylic acids is 1. The average Bonchev–Trinajstić information content (AvgIpc) is 3.01. The van der Waals surface area contributed by atoms with E-state index in [1.807, 2.05) is 41.6 Å². The van der Waals surface area contributed by atoms with Crippen LogP contribution < -0.4 is 14.8 Å². The lowest BCUT2D eigenvalue weighted by Gasteiger charge is -2.13. The summed E-state index contributed by atoms with van der Waals surface area (Å²) < 4.78 is 11.1. The number of amides is 3. The Morgan fingerprint density at radius 2 is 1.91 bits per heavy atom. The van der Waals surface area contributed by atoms with Crippen LogP contribution in [0.15, 0.2) is 41.3 Å². The van der Waals surface area contributed by atoms with E-state index in [1.165, 1.54) is 13.2 Å². The van der Waals surface area contributed by atoms with Crippen molar-refractivity contribution in [2.45, 2.75) is 6.92 Å². The Labute approximate surface area is 207 Å². The number of anilines is 1. The fourth-order valence-corrected chi connectivity index (χ4v) is 4.49. The van der Waals surface area contributed by atoms with Crippen molar-refractivity contribution >= 4 is 69.1 Å². The first-order valence-corrected chi connectivity index (χ1v) is 11.4.